The molecule has 0 radical (unpaired) electrons. The molecule has 1 aromatic carbocycles. The maximum Gasteiger partial charge on any atom is 0.319 e. The molecule has 0 saturated carbocycles. The van der Waals surface area contributed by atoms with Gasteiger partial charge in [0.2, 0.25) is 11.8 Å². The van der Waals surface area contributed by atoms with Crippen LogP contribution in [0.4, 0.5) is 10.5 Å². The number of aliphatic hydroxyl groups excluding tert-OH is 1. The van der Waals surface area contributed by atoms with Crippen molar-refractivity contribution in [3.05, 3.63) is 28.8 Å². The standard InChI is InChI=1S/C16H19ClN4O4/c1-8-2-3-9(17)4-11(8)20-16(25)18-10-5-13-14(23)19-12(7-22)15(24)21(13)6-10/h2-4,10,12-13,22H,5-7H2,1H3,(H,19,23)(H2,18,20,25)/t10-,12-,13-/m0/s1. The maximum absolute atomic E-state index is 12.2. The van der Waals surface area contributed by atoms with Crippen molar-refractivity contribution in [3.8, 4) is 0 Å². The van der Waals surface area contributed by atoms with Gasteiger partial charge in [0, 0.05) is 17.3 Å². The number of aryl methyl sites for hydroxylation is 1. The summed E-state index contributed by atoms with van der Waals surface area (Å²) in [5.74, 6) is -0.642. The Hall–Kier alpha value is -2.32. The number of nitrogens with zero attached hydrogens (tertiary/aromatic N) is 1. The summed E-state index contributed by atoms with van der Waals surface area (Å²) in [5, 5.41) is 17.7. The van der Waals surface area contributed by atoms with Crippen molar-refractivity contribution < 1.29 is 19.5 Å². The van der Waals surface area contributed by atoms with Gasteiger partial charge in [0.1, 0.15) is 12.1 Å². The number of rotatable bonds is 3. The van der Waals surface area contributed by atoms with Crippen LogP contribution in [0.25, 0.3) is 0 Å². The zero-order valence-corrected chi connectivity index (χ0v) is 14.3. The van der Waals surface area contributed by atoms with Crippen molar-refractivity contribution in [1.29, 1.82) is 0 Å². The molecular formula is C16H19ClN4O4. The molecule has 4 N–H and O–H groups in total. The number of halogens is 1. The van der Waals surface area contributed by atoms with Crippen LogP contribution < -0.4 is 16.0 Å². The van der Waals surface area contributed by atoms with E-state index in [9.17, 15) is 19.5 Å². The van der Waals surface area contributed by atoms with Gasteiger partial charge < -0.3 is 26.0 Å². The van der Waals surface area contributed by atoms with E-state index >= 15 is 0 Å². The van der Waals surface area contributed by atoms with Crippen molar-refractivity contribution >= 4 is 35.1 Å². The van der Waals surface area contributed by atoms with E-state index < -0.39 is 24.7 Å². The third kappa shape index (κ3) is 3.54. The van der Waals surface area contributed by atoms with Crippen molar-refractivity contribution in [2.75, 3.05) is 18.5 Å². The van der Waals surface area contributed by atoms with E-state index in [-0.39, 0.29) is 24.4 Å². The number of piperazine rings is 1. The highest BCUT2D eigenvalue weighted by atomic mass is 35.5. The second-order valence-corrected chi connectivity index (χ2v) is 6.68. The van der Waals surface area contributed by atoms with Gasteiger partial charge in [0.05, 0.1) is 12.6 Å². The fourth-order valence-corrected chi connectivity index (χ4v) is 3.33. The molecule has 0 bridgehead atoms. The van der Waals surface area contributed by atoms with Crippen LogP contribution >= 0.6 is 11.6 Å². The lowest BCUT2D eigenvalue weighted by molar-refractivity contribution is -0.148. The van der Waals surface area contributed by atoms with Crippen molar-refractivity contribution in [3.63, 3.8) is 0 Å². The molecule has 2 fully saturated rings. The monoisotopic (exact) mass is 366 g/mol. The lowest BCUT2D eigenvalue weighted by Gasteiger charge is -2.33. The van der Waals surface area contributed by atoms with Crippen LogP contribution in [0.3, 0.4) is 0 Å². The van der Waals surface area contributed by atoms with Crippen LogP contribution in [0.5, 0.6) is 0 Å². The quantitative estimate of drug-likeness (QED) is 0.613. The largest absolute Gasteiger partial charge is 0.394 e. The Bertz CT molecular complexity index is 726. The van der Waals surface area contributed by atoms with Gasteiger partial charge in [0.15, 0.2) is 0 Å². The molecule has 1 aromatic rings. The molecule has 3 rings (SSSR count). The molecule has 0 spiro atoms. The molecule has 8 nitrogen and oxygen atoms in total. The smallest absolute Gasteiger partial charge is 0.319 e. The number of fused-ring (bicyclic) bond motifs is 1. The normalized spacial score (nSPS) is 25.4. The Morgan fingerprint density at radius 2 is 2.20 bits per heavy atom. The van der Waals surface area contributed by atoms with Crippen LogP contribution in [0.15, 0.2) is 18.2 Å². The van der Waals surface area contributed by atoms with Crippen molar-refractivity contribution in [2.24, 2.45) is 0 Å². The number of anilines is 1. The average Bonchev–Trinajstić information content (AvgIpc) is 2.98. The molecule has 2 aliphatic rings. The van der Waals surface area contributed by atoms with Gasteiger partial charge in [-0.3, -0.25) is 9.59 Å². The molecule has 25 heavy (non-hydrogen) atoms. The molecule has 2 saturated heterocycles. The number of amides is 4. The molecule has 0 unspecified atom stereocenters. The summed E-state index contributed by atoms with van der Waals surface area (Å²) in [4.78, 5) is 37.9. The Morgan fingerprint density at radius 3 is 2.92 bits per heavy atom. The van der Waals surface area contributed by atoms with Crippen LogP contribution in [-0.4, -0.2) is 59.1 Å². The Morgan fingerprint density at radius 1 is 1.44 bits per heavy atom. The number of nitrogens with one attached hydrogen (secondary N) is 3. The molecule has 0 aliphatic carbocycles. The van der Waals surface area contributed by atoms with Gasteiger partial charge >= 0.3 is 6.03 Å². The zero-order chi connectivity index (χ0) is 18.1. The molecule has 9 heteroatoms. The summed E-state index contributed by atoms with van der Waals surface area (Å²) in [6.07, 6.45) is 0.331. The first-order valence-corrected chi connectivity index (χ1v) is 8.32. The van der Waals surface area contributed by atoms with Gasteiger partial charge in [0.25, 0.3) is 0 Å². The van der Waals surface area contributed by atoms with Crippen LogP contribution in [0.1, 0.15) is 12.0 Å². The summed E-state index contributed by atoms with van der Waals surface area (Å²) in [6.45, 7) is 1.63. The molecule has 4 amide bonds. The SMILES string of the molecule is Cc1ccc(Cl)cc1NC(=O)N[C@H]1C[C@H]2C(=O)N[C@@H](CO)C(=O)N2C1. The number of carbonyl (C=O) groups is 3. The predicted molar refractivity (Wildman–Crippen MR) is 91.3 cm³/mol. The number of hydrogen-bond donors (Lipinski definition) is 4. The molecule has 2 heterocycles. The fourth-order valence-electron chi connectivity index (χ4n) is 3.16. The topological polar surface area (TPSA) is 111 Å². The number of aliphatic hydroxyl groups is 1. The lowest BCUT2D eigenvalue weighted by atomic mass is 10.1. The van der Waals surface area contributed by atoms with Gasteiger partial charge in [-0.05, 0) is 31.0 Å². The van der Waals surface area contributed by atoms with Gasteiger partial charge in [-0.25, -0.2) is 4.79 Å². The van der Waals surface area contributed by atoms with E-state index in [2.05, 4.69) is 16.0 Å². The highest BCUT2D eigenvalue weighted by Gasteiger charge is 2.46. The van der Waals surface area contributed by atoms with Crippen LogP contribution in [0, 0.1) is 6.92 Å². The first-order chi connectivity index (χ1) is 11.9. The average molecular weight is 367 g/mol. The third-order valence-electron chi connectivity index (χ3n) is 4.47. The van der Waals surface area contributed by atoms with Gasteiger partial charge in [-0.15, -0.1) is 0 Å². The Balaban J connectivity index is 1.63. The zero-order valence-electron chi connectivity index (χ0n) is 13.6. The molecule has 3 atom stereocenters. The minimum atomic E-state index is -0.912. The minimum absolute atomic E-state index is 0.232. The number of benzene rings is 1. The predicted octanol–water partition coefficient (Wildman–Crippen LogP) is 0.230. The molecule has 134 valence electrons. The van der Waals surface area contributed by atoms with E-state index in [1.54, 1.807) is 18.2 Å². The van der Waals surface area contributed by atoms with E-state index in [1.165, 1.54) is 4.90 Å². The van der Waals surface area contributed by atoms with Crippen LogP contribution in [-0.2, 0) is 9.59 Å². The summed E-state index contributed by atoms with van der Waals surface area (Å²) >= 11 is 5.93. The van der Waals surface area contributed by atoms with E-state index in [1.807, 2.05) is 6.92 Å². The highest BCUT2D eigenvalue weighted by Crippen LogP contribution is 2.23. The van der Waals surface area contributed by atoms with Crippen molar-refractivity contribution in [1.82, 2.24) is 15.5 Å². The molecule has 0 aromatic heterocycles. The van der Waals surface area contributed by atoms with E-state index in [0.717, 1.165) is 5.56 Å². The number of urea groups is 1. The van der Waals surface area contributed by atoms with Gasteiger partial charge in [-0.1, -0.05) is 17.7 Å². The Labute approximate surface area is 149 Å². The summed E-state index contributed by atoms with van der Waals surface area (Å²) in [6, 6.07) is 2.87. The van der Waals surface area contributed by atoms with E-state index in [4.69, 9.17) is 11.6 Å². The Kier molecular flexibility index (Phi) is 4.82. The van der Waals surface area contributed by atoms with Gasteiger partial charge in [-0.2, -0.15) is 0 Å². The first kappa shape index (κ1) is 17.5. The summed E-state index contributed by atoms with van der Waals surface area (Å²) in [5.41, 5.74) is 1.46. The number of hydrogen-bond acceptors (Lipinski definition) is 4. The van der Waals surface area contributed by atoms with Crippen molar-refractivity contribution in [2.45, 2.75) is 31.5 Å². The second kappa shape index (κ2) is 6.89. The number of carbonyl (C=O) groups excluding carboxylic acids is 3. The third-order valence-corrected chi connectivity index (χ3v) is 4.70. The maximum atomic E-state index is 12.2. The van der Waals surface area contributed by atoms with Crippen LogP contribution in [0.2, 0.25) is 5.02 Å². The molecule has 2 aliphatic heterocycles. The summed E-state index contributed by atoms with van der Waals surface area (Å²) in [7, 11) is 0. The lowest BCUT2D eigenvalue weighted by Crippen LogP contribution is -2.62. The summed E-state index contributed by atoms with van der Waals surface area (Å²) < 4.78 is 0. The first-order valence-electron chi connectivity index (χ1n) is 7.94. The highest BCUT2D eigenvalue weighted by molar-refractivity contribution is 6.31. The second-order valence-electron chi connectivity index (χ2n) is 6.24. The minimum Gasteiger partial charge on any atom is -0.394 e. The molecular weight excluding hydrogens is 348 g/mol. The van der Waals surface area contributed by atoms with E-state index in [0.29, 0.717) is 17.1 Å². The fraction of sp³-hybridized carbons (Fsp3) is 0.438.